The predicted molar refractivity (Wildman–Crippen MR) is 55.4 cm³/mol. The summed E-state index contributed by atoms with van der Waals surface area (Å²) >= 11 is 0. The van der Waals surface area contributed by atoms with E-state index in [1.807, 2.05) is 0 Å². The summed E-state index contributed by atoms with van der Waals surface area (Å²) in [6.45, 7) is 0. The lowest BCUT2D eigenvalue weighted by Crippen LogP contribution is -1.98. The lowest BCUT2D eigenvalue weighted by molar-refractivity contribution is 0.444. The Bertz CT molecular complexity index is 616. The van der Waals surface area contributed by atoms with Gasteiger partial charge in [0, 0.05) is 0 Å². The van der Waals surface area contributed by atoms with Crippen LogP contribution in [0.4, 0.5) is 0 Å². The van der Waals surface area contributed by atoms with Gasteiger partial charge in [-0.3, -0.25) is 4.55 Å². The normalized spacial score (nSPS) is 11.8. The molecule has 0 saturated carbocycles. The third kappa shape index (κ3) is 1.79. The fourth-order valence-corrected chi connectivity index (χ4v) is 2.01. The molecule has 0 aliphatic rings. The number of hydrogen-bond acceptors (Lipinski definition) is 3. The van der Waals surface area contributed by atoms with Crippen molar-refractivity contribution in [1.82, 2.24) is 0 Å². The van der Waals surface area contributed by atoms with Crippen LogP contribution >= 0.6 is 0 Å². The molecule has 0 fully saturated rings. The molecule has 78 valence electrons. The Morgan fingerprint density at radius 3 is 2.07 bits per heavy atom. The number of hydrogen-bond donors (Lipinski definition) is 2. The maximum absolute atomic E-state index is 10.9. The number of rotatable bonds is 1. The van der Waals surface area contributed by atoms with Crippen LogP contribution in [0.5, 0.6) is 5.75 Å². The molecule has 0 amide bonds. The van der Waals surface area contributed by atoms with Gasteiger partial charge in [-0.1, -0.05) is 24.3 Å². The topological polar surface area (TPSA) is 74.6 Å². The first-order chi connectivity index (χ1) is 6.98. The van der Waals surface area contributed by atoms with Crippen molar-refractivity contribution in [3.8, 4) is 5.75 Å². The molecule has 4 nitrogen and oxygen atoms in total. The third-order valence-electron chi connectivity index (χ3n) is 2.11. The summed E-state index contributed by atoms with van der Waals surface area (Å²) < 4.78 is 30.6. The highest BCUT2D eigenvalue weighted by Crippen LogP contribution is 2.28. The number of phenols is 1. The molecule has 5 heteroatoms. The van der Waals surface area contributed by atoms with E-state index in [0.717, 1.165) is 0 Å². The monoisotopic (exact) mass is 224 g/mol. The van der Waals surface area contributed by atoms with E-state index in [-0.39, 0.29) is 0 Å². The van der Waals surface area contributed by atoms with E-state index in [0.29, 0.717) is 10.8 Å². The standard InChI is InChI=1S/C10H8O4S/c11-9-5-7-3-1-2-4-8(7)6-10(9)15(12,13)14/h1-6,11H,(H,12,13,14). The van der Waals surface area contributed by atoms with Gasteiger partial charge in [0.05, 0.1) is 0 Å². The molecule has 0 atom stereocenters. The van der Waals surface area contributed by atoms with Crippen LogP contribution in [-0.4, -0.2) is 18.1 Å². The highest BCUT2D eigenvalue weighted by Gasteiger charge is 2.15. The van der Waals surface area contributed by atoms with Crippen molar-refractivity contribution < 1.29 is 18.1 Å². The molecule has 0 aliphatic heterocycles. The number of fused-ring (bicyclic) bond motifs is 1. The van der Waals surface area contributed by atoms with Gasteiger partial charge in [-0.2, -0.15) is 8.42 Å². The lowest BCUT2D eigenvalue weighted by Gasteiger charge is -2.03. The van der Waals surface area contributed by atoms with Gasteiger partial charge < -0.3 is 5.11 Å². The van der Waals surface area contributed by atoms with Crippen LogP contribution < -0.4 is 0 Å². The number of benzene rings is 2. The minimum absolute atomic E-state index is 0.448. The zero-order valence-electron chi connectivity index (χ0n) is 7.58. The first-order valence-corrected chi connectivity index (χ1v) is 5.62. The van der Waals surface area contributed by atoms with Gasteiger partial charge in [-0.15, -0.1) is 0 Å². The van der Waals surface area contributed by atoms with E-state index >= 15 is 0 Å². The van der Waals surface area contributed by atoms with Gasteiger partial charge >= 0.3 is 0 Å². The Morgan fingerprint density at radius 1 is 1.00 bits per heavy atom. The molecule has 0 heterocycles. The Hall–Kier alpha value is -1.59. The predicted octanol–water partition coefficient (Wildman–Crippen LogP) is 1.79. The zero-order chi connectivity index (χ0) is 11.1. The van der Waals surface area contributed by atoms with Crippen molar-refractivity contribution in [3.63, 3.8) is 0 Å². The summed E-state index contributed by atoms with van der Waals surface area (Å²) in [6.07, 6.45) is 0. The smallest absolute Gasteiger partial charge is 0.298 e. The molecule has 0 saturated heterocycles. The van der Waals surface area contributed by atoms with E-state index in [4.69, 9.17) is 4.55 Å². The summed E-state index contributed by atoms with van der Waals surface area (Å²) in [5.74, 6) is -0.448. The van der Waals surface area contributed by atoms with Gasteiger partial charge in [-0.25, -0.2) is 0 Å². The van der Waals surface area contributed by atoms with Crippen LogP contribution in [0.1, 0.15) is 0 Å². The summed E-state index contributed by atoms with van der Waals surface area (Å²) in [6, 6.07) is 9.49. The molecule has 2 aromatic rings. The van der Waals surface area contributed by atoms with E-state index in [1.165, 1.54) is 12.1 Å². The summed E-state index contributed by atoms with van der Waals surface area (Å²) in [4.78, 5) is -0.471. The van der Waals surface area contributed by atoms with E-state index in [9.17, 15) is 13.5 Å². The van der Waals surface area contributed by atoms with Crippen LogP contribution in [0, 0.1) is 0 Å². The number of phenolic OH excluding ortho intramolecular Hbond substituents is 1. The van der Waals surface area contributed by atoms with E-state index in [1.54, 1.807) is 24.3 Å². The van der Waals surface area contributed by atoms with Gasteiger partial charge in [0.15, 0.2) is 0 Å². The first-order valence-electron chi connectivity index (χ1n) is 4.18. The molecular weight excluding hydrogens is 216 g/mol. The van der Waals surface area contributed by atoms with Gasteiger partial charge in [0.25, 0.3) is 10.1 Å². The van der Waals surface area contributed by atoms with Crippen molar-refractivity contribution in [2.75, 3.05) is 0 Å². The van der Waals surface area contributed by atoms with Crippen LogP contribution in [-0.2, 0) is 10.1 Å². The zero-order valence-corrected chi connectivity index (χ0v) is 8.40. The van der Waals surface area contributed by atoms with E-state index < -0.39 is 20.8 Å². The Balaban J connectivity index is 2.84. The van der Waals surface area contributed by atoms with Gasteiger partial charge in [-0.05, 0) is 22.9 Å². The molecule has 0 radical (unpaired) electrons. The summed E-state index contributed by atoms with van der Waals surface area (Å²) in [5.41, 5.74) is 0. The highest BCUT2D eigenvalue weighted by atomic mass is 32.2. The van der Waals surface area contributed by atoms with Crippen molar-refractivity contribution in [3.05, 3.63) is 36.4 Å². The fourth-order valence-electron chi connectivity index (χ4n) is 1.41. The molecule has 2 rings (SSSR count). The molecule has 0 aromatic heterocycles. The largest absolute Gasteiger partial charge is 0.506 e. The molecule has 0 bridgehead atoms. The quantitative estimate of drug-likeness (QED) is 0.724. The maximum atomic E-state index is 10.9. The van der Waals surface area contributed by atoms with Crippen LogP contribution in [0.3, 0.4) is 0 Å². The average Bonchev–Trinajstić information content (AvgIpc) is 2.15. The van der Waals surface area contributed by atoms with Crippen LogP contribution in [0.2, 0.25) is 0 Å². The molecule has 15 heavy (non-hydrogen) atoms. The second-order valence-corrected chi connectivity index (χ2v) is 4.53. The Kier molecular flexibility index (Phi) is 2.13. The van der Waals surface area contributed by atoms with Gasteiger partial charge in [0.1, 0.15) is 10.6 Å². The molecule has 2 aromatic carbocycles. The van der Waals surface area contributed by atoms with Crippen molar-refractivity contribution >= 4 is 20.9 Å². The lowest BCUT2D eigenvalue weighted by atomic mass is 10.1. The second-order valence-electron chi connectivity index (χ2n) is 3.14. The molecule has 2 N–H and O–H groups in total. The average molecular weight is 224 g/mol. The van der Waals surface area contributed by atoms with Crippen molar-refractivity contribution in [1.29, 1.82) is 0 Å². The molecule has 0 unspecified atom stereocenters. The minimum atomic E-state index is -4.37. The van der Waals surface area contributed by atoms with Crippen molar-refractivity contribution in [2.24, 2.45) is 0 Å². The second kappa shape index (κ2) is 3.22. The maximum Gasteiger partial charge on any atom is 0.298 e. The first kappa shape index (κ1) is 9.95. The highest BCUT2D eigenvalue weighted by molar-refractivity contribution is 7.86. The third-order valence-corrected chi connectivity index (χ3v) is 2.99. The number of aromatic hydroxyl groups is 1. The molecule has 0 aliphatic carbocycles. The van der Waals surface area contributed by atoms with Crippen LogP contribution in [0.25, 0.3) is 10.8 Å². The van der Waals surface area contributed by atoms with Crippen molar-refractivity contribution in [2.45, 2.75) is 4.90 Å². The van der Waals surface area contributed by atoms with Crippen LogP contribution in [0.15, 0.2) is 41.3 Å². The minimum Gasteiger partial charge on any atom is -0.506 e. The van der Waals surface area contributed by atoms with E-state index in [2.05, 4.69) is 0 Å². The summed E-state index contributed by atoms with van der Waals surface area (Å²) in [7, 11) is -4.37. The Labute approximate surface area is 86.5 Å². The summed E-state index contributed by atoms with van der Waals surface area (Å²) in [5, 5.41) is 10.8. The Morgan fingerprint density at radius 2 is 1.53 bits per heavy atom. The van der Waals surface area contributed by atoms with Gasteiger partial charge in [0.2, 0.25) is 0 Å². The molecule has 0 spiro atoms. The molecular formula is C10H8O4S. The SMILES string of the molecule is O=S(=O)(O)c1cc2ccccc2cc1O. The fraction of sp³-hybridized carbons (Fsp3) is 0.